The van der Waals surface area contributed by atoms with Gasteiger partial charge in [-0.2, -0.15) is 0 Å². The highest BCUT2D eigenvalue weighted by molar-refractivity contribution is 7.12. The van der Waals surface area contributed by atoms with Gasteiger partial charge in [0, 0.05) is 25.9 Å². The van der Waals surface area contributed by atoms with Crippen LogP contribution < -0.4 is 4.90 Å². The van der Waals surface area contributed by atoms with E-state index in [2.05, 4.69) is 0 Å². The molecule has 0 bridgehead atoms. The van der Waals surface area contributed by atoms with E-state index >= 15 is 0 Å². The van der Waals surface area contributed by atoms with E-state index in [1.165, 1.54) is 16.2 Å². The van der Waals surface area contributed by atoms with Crippen molar-refractivity contribution in [3.8, 4) is 0 Å². The summed E-state index contributed by atoms with van der Waals surface area (Å²) < 4.78 is 5.08. The third-order valence-electron chi connectivity index (χ3n) is 6.27. The van der Waals surface area contributed by atoms with Crippen molar-refractivity contribution in [1.29, 1.82) is 0 Å². The van der Waals surface area contributed by atoms with Gasteiger partial charge >= 0.3 is 0 Å². The Bertz CT molecular complexity index is 1030. The number of carbonyl (C=O) groups is 3. The number of amides is 2. The number of rotatable bonds is 6. The Labute approximate surface area is 178 Å². The molecule has 0 unspecified atom stereocenters. The first-order valence-electron chi connectivity index (χ1n) is 10.1. The van der Waals surface area contributed by atoms with Gasteiger partial charge in [0.2, 0.25) is 11.8 Å². The Morgan fingerprint density at radius 1 is 1.10 bits per heavy atom. The van der Waals surface area contributed by atoms with Crippen LogP contribution in [-0.4, -0.2) is 54.8 Å². The molecule has 5 rings (SSSR count). The number of Topliss-reactive ketones (excluding diaryl/α,β-unsaturated/α-hetero) is 1. The number of hydrogen-bond acceptors (Lipinski definition) is 6. The SMILES string of the molecule is COCCCN1C(=O)[C@@H]2[C@H](C1=O)[C@H](C(=O)c1cccs1)N1c3ccccc3C=C[C@H]21. The molecule has 1 aromatic carbocycles. The zero-order chi connectivity index (χ0) is 20.8. The monoisotopic (exact) mass is 422 g/mol. The van der Waals surface area contributed by atoms with Gasteiger partial charge in [0.15, 0.2) is 5.78 Å². The lowest BCUT2D eigenvalue weighted by Gasteiger charge is -2.36. The lowest BCUT2D eigenvalue weighted by molar-refractivity contribution is -0.140. The lowest BCUT2D eigenvalue weighted by atomic mass is 9.87. The predicted molar refractivity (Wildman–Crippen MR) is 114 cm³/mol. The zero-order valence-electron chi connectivity index (χ0n) is 16.6. The van der Waals surface area contributed by atoms with Crippen molar-refractivity contribution in [3.05, 3.63) is 58.3 Å². The lowest BCUT2D eigenvalue weighted by Crippen LogP contribution is -2.48. The molecule has 4 atom stereocenters. The molecule has 3 aliphatic heterocycles. The van der Waals surface area contributed by atoms with E-state index in [1.807, 2.05) is 52.8 Å². The summed E-state index contributed by atoms with van der Waals surface area (Å²) in [5.74, 6) is -1.72. The standard InChI is InChI=1S/C23H22N2O4S/c1-29-12-5-11-24-22(27)18-16-10-9-14-6-2-3-7-15(14)25(16)20(19(18)23(24)28)21(26)17-8-4-13-30-17/h2-4,6-10,13,16,18-20H,5,11-12H2,1H3/t16-,18+,19+,20-/m1/s1. The summed E-state index contributed by atoms with van der Waals surface area (Å²) in [5, 5.41) is 1.86. The molecule has 2 fully saturated rings. The van der Waals surface area contributed by atoms with Crippen LogP contribution in [0.1, 0.15) is 21.7 Å². The number of carbonyl (C=O) groups excluding carboxylic acids is 3. The van der Waals surface area contributed by atoms with Crippen molar-refractivity contribution < 1.29 is 19.1 Å². The third-order valence-corrected chi connectivity index (χ3v) is 7.15. The Hall–Kier alpha value is -2.77. The summed E-state index contributed by atoms with van der Waals surface area (Å²) in [7, 11) is 1.60. The number of imide groups is 1. The molecule has 7 heteroatoms. The molecule has 4 heterocycles. The van der Waals surface area contributed by atoms with Crippen LogP contribution in [-0.2, 0) is 14.3 Å². The Morgan fingerprint density at radius 3 is 2.67 bits per heavy atom. The van der Waals surface area contributed by atoms with E-state index in [-0.39, 0.29) is 23.6 Å². The molecule has 3 aliphatic rings. The number of nitrogens with zero attached hydrogens (tertiary/aromatic N) is 2. The molecule has 30 heavy (non-hydrogen) atoms. The second-order valence-electron chi connectivity index (χ2n) is 7.83. The number of fused-ring (bicyclic) bond motifs is 5. The topological polar surface area (TPSA) is 66.9 Å². The van der Waals surface area contributed by atoms with Crippen LogP contribution in [0.4, 0.5) is 5.69 Å². The average Bonchev–Trinajstić information content (AvgIpc) is 3.46. The number of anilines is 1. The van der Waals surface area contributed by atoms with Crippen molar-refractivity contribution in [3.63, 3.8) is 0 Å². The fourth-order valence-corrected chi connectivity index (χ4v) is 5.72. The van der Waals surface area contributed by atoms with Crippen molar-refractivity contribution >= 4 is 40.7 Å². The molecule has 2 aromatic rings. The Balaban J connectivity index is 1.58. The van der Waals surface area contributed by atoms with E-state index < -0.39 is 17.9 Å². The van der Waals surface area contributed by atoms with Crippen LogP contribution in [0.3, 0.4) is 0 Å². The summed E-state index contributed by atoms with van der Waals surface area (Å²) in [6.07, 6.45) is 4.56. The molecule has 1 aromatic heterocycles. The number of hydrogen-bond donors (Lipinski definition) is 0. The number of likely N-dealkylation sites (tertiary alicyclic amines) is 1. The molecule has 154 valence electrons. The molecule has 0 radical (unpaired) electrons. The maximum Gasteiger partial charge on any atom is 0.235 e. The van der Waals surface area contributed by atoms with E-state index in [4.69, 9.17) is 4.74 Å². The van der Waals surface area contributed by atoms with E-state index in [0.717, 1.165) is 11.3 Å². The summed E-state index contributed by atoms with van der Waals surface area (Å²) in [6.45, 7) is 0.804. The van der Waals surface area contributed by atoms with Gasteiger partial charge in [-0.15, -0.1) is 11.3 Å². The summed E-state index contributed by atoms with van der Waals surface area (Å²) in [4.78, 5) is 44.2. The molecule has 0 N–H and O–H groups in total. The van der Waals surface area contributed by atoms with Crippen molar-refractivity contribution in [2.75, 3.05) is 25.2 Å². The minimum atomic E-state index is -0.686. The van der Waals surface area contributed by atoms with Gasteiger partial charge in [0.25, 0.3) is 0 Å². The highest BCUT2D eigenvalue weighted by Crippen LogP contribution is 2.49. The summed E-state index contributed by atoms with van der Waals surface area (Å²) in [5.41, 5.74) is 1.90. The highest BCUT2D eigenvalue weighted by atomic mass is 32.1. The van der Waals surface area contributed by atoms with Crippen molar-refractivity contribution in [1.82, 2.24) is 4.90 Å². The fourth-order valence-electron chi connectivity index (χ4n) is 5.03. The number of para-hydroxylation sites is 1. The van der Waals surface area contributed by atoms with Gasteiger partial charge in [0.1, 0.15) is 6.04 Å². The van der Waals surface area contributed by atoms with Crippen LogP contribution in [0.2, 0.25) is 0 Å². The minimum absolute atomic E-state index is 0.0903. The second kappa shape index (κ2) is 7.49. The highest BCUT2D eigenvalue weighted by Gasteiger charge is 2.63. The number of benzene rings is 1. The largest absolute Gasteiger partial charge is 0.385 e. The molecule has 2 saturated heterocycles. The molecule has 0 spiro atoms. The first-order valence-corrected chi connectivity index (χ1v) is 11.0. The van der Waals surface area contributed by atoms with Gasteiger partial charge in [-0.05, 0) is 29.5 Å². The number of ketones is 1. The molecule has 6 nitrogen and oxygen atoms in total. The van der Waals surface area contributed by atoms with E-state index in [0.29, 0.717) is 24.4 Å². The van der Waals surface area contributed by atoms with Crippen LogP contribution >= 0.6 is 11.3 Å². The van der Waals surface area contributed by atoms with E-state index in [9.17, 15) is 14.4 Å². The Morgan fingerprint density at radius 2 is 1.90 bits per heavy atom. The van der Waals surface area contributed by atoms with Gasteiger partial charge < -0.3 is 9.64 Å². The maximum absolute atomic E-state index is 13.6. The van der Waals surface area contributed by atoms with E-state index in [1.54, 1.807) is 13.2 Å². The molecule has 0 aliphatic carbocycles. The normalized spacial score (nSPS) is 26.7. The van der Waals surface area contributed by atoms with Gasteiger partial charge in [0.05, 0.1) is 22.8 Å². The fraction of sp³-hybridized carbons (Fsp3) is 0.348. The molecule has 2 amide bonds. The van der Waals surface area contributed by atoms with Gasteiger partial charge in [-0.1, -0.05) is 36.4 Å². The maximum atomic E-state index is 13.6. The molecule has 0 saturated carbocycles. The van der Waals surface area contributed by atoms with Gasteiger partial charge in [-0.25, -0.2) is 0 Å². The van der Waals surface area contributed by atoms with Crippen LogP contribution in [0.5, 0.6) is 0 Å². The Kier molecular flexibility index (Phi) is 4.79. The van der Waals surface area contributed by atoms with Crippen molar-refractivity contribution in [2.45, 2.75) is 18.5 Å². The third kappa shape index (κ3) is 2.76. The number of methoxy groups -OCH3 is 1. The van der Waals surface area contributed by atoms with Crippen LogP contribution in [0.25, 0.3) is 6.08 Å². The predicted octanol–water partition coefficient (Wildman–Crippen LogP) is 2.85. The minimum Gasteiger partial charge on any atom is -0.385 e. The van der Waals surface area contributed by atoms with Crippen LogP contribution in [0, 0.1) is 11.8 Å². The first kappa shape index (κ1) is 19.2. The molecular formula is C23H22N2O4S. The smallest absolute Gasteiger partial charge is 0.235 e. The first-order chi connectivity index (χ1) is 14.6. The second-order valence-corrected chi connectivity index (χ2v) is 8.78. The number of thiophene rings is 1. The number of ether oxygens (including phenoxy) is 1. The summed E-state index contributed by atoms with van der Waals surface area (Å²) in [6, 6.07) is 10.5. The van der Waals surface area contributed by atoms with Crippen LogP contribution in [0.15, 0.2) is 47.9 Å². The summed E-state index contributed by atoms with van der Waals surface area (Å²) >= 11 is 1.37. The quantitative estimate of drug-likeness (QED) is 0.407. The zero-order valence-corrected chi connectivity index (χ0v) is 17.4. The molecular weight excluding hydrogens is 400 g/mol. The van der Waals surface area contributed by atoms with Crippen molar-refractivity contribution in [2.24, 2.45) is 11.8 Å². The average molecular weight is 423 g/mol. The van der Waals surface area contributed by atoms with Gasteiger partial charge in [-0.3, -0.25) is 19.3 Å².